The minimum atomic E-state index is -5.08. The molecular formula is C27H25Cl2F3N2O6. The van der Waals surface area contributed by atoms with E-state index in [9.17, 15) is 27.6 Å². The van der Waals surface area contributed by atoms with Crippen molar-refractivity contribution in [3.05, 3.63) is 58.1 Å². The molecule has 3 saturated heterocycles. The van der Waals surface area contributed by atoms with E-state index in [4.69, 9.17) is 37.8 Å². The molecule has 3 aliphatic rings. The Kier molecular flexibility index (Phi) is 8.22. The summed E-state index contributed by atoms with van der Waals surface area (Å²) in [4.78, 5) is 51.8. The Balaban J connectivity index is 0.000000470. The molecule has 3 heterocycles. The molecule has 5 rings (SSSR count). The first kappa shape index (κ1) is 29.8. The summed E-state index contributed by atoms with van der Waals surface area (Å²) in [6.07, 6.45) is -2.87. The van der Waals surface area contributed by atoms with Gasteiger partial charge in [-0.3, -0.25) is 24.2 Å². The van der Waals surface area contributed by atoms with Crippen molar-refractivity contribution in [3.8, 4) is 11.1 Å². The fourth-order valence-corrected chi connectivity index (χ4v) is 6.35. The van der Waals surface area contributed by atoms with Gasteiger partial charge in [0.2, 0.25) is 11.8 Å². The maximum atomic E-state index is 13.2. The summed E-state index contributed by atoms with van der Waals surface area (Å²) >= 11 is 12.2. The number of carboxylic acids is 1. The Morgan fingerprint density at radius 1 is 1.00 bits per heavy atom. The van der Waals surface area contributed by atoms with Crippen molar-refractivity contribution in [1.82, 2.24) is 9.80 Å². The zero-order chi connectivity index (χ0) is 29.6. The first-order valence-corrected chi connectivity index (χ1v) is 13.0. The van der Waals surface area contributed by atoms with Gasteiger partial charge in [0.25, 0.3) is 0 Å². The SMILES string of the molecule is COC(=O)[C@@]12CCCCN1C(c1ccc(-c3ccc(Cl)c(Cl)c3)cc1)C1C(=O)N(C)C(=O)C12.O=C(O)C(F)(F)F. The number of alkyl halides is 3. The van der Waals surface area contributed by atoms with Crippen molar-refractivity contribution in [2.24, 2.45) is 11.8 Å². The first-order valence-electron chi connectivity index (χ1n) is 12.3. The molecule has 40 heavy (non-hydrogen) atoms. The van der Waals surface area contributed by atoms with Crippen LogP contribution in [0.3, 0.4) is 0 Å². The van der Waals surface area contributed by atoms with Gasteiger partial charge in [-0.2, -0.15) is 13.2 Å². The molecular weight excluding hydrogens is 576 g/mol. The number of likely N-dealkylation sites (tertiary alicyclic amines) is 1. The summed E-state index contributed by atoms with van der Waals surface area (Å²) < 4.78 is 37.0. The van der Waals surface area contributed by atoms with Gasteiger partial charge in [-0.05, 0) is 54.6 Å². The maximum Gasteiger partial charge on any atom is 0.490 e. The smallest absolute Gasteiger partial charge is 0.475 e. The summed E-state index contributed by atoms with van der Waals surface area (Å²) in [5, 5.41) is 8.10. The van der Waals surface area contributed by atoms with Gasteiger partial charge in [0.15, 0.2) is 0 Å². The van der Waals surface area contributed by atoms with Gasteiger partial charge in [0.05, 0.1) is 29.0 Å². The number of nitrogens with zero attached hydrogens (tertiary/aromatic N) is 2. The Labute approximate surface area is 237 Å². The Bertz CT molecular complexity index is 1350. The summed E-state index contributed by atoms with van der Waals surface area (Å²) in [5.41, 5.74) is 1.67. The number of ether oxygens (including phenoxy) is 1. The predicted molar refractivity (Wildman–Crippen MR) is 138 cm³/mol. The molecule has 0 bridgehead atoms. The van der Waals surface area contributed by atoms with E-state index >= 15 is 0 Å². The summed E-state index contributed by atoms with van der Waals surface area (Å²) in [5.74, 6) is -5.06. The molecule has 4 atom stereocenters. The highest BCUT2D eigenvalue weighted by Gasteiger charge is 2.72. The van der Waals surface area contributed by atoms with E-state index in [2.05, 4.69) is 4.90 Å². The van der Waals surface area contributed by atoms with Crippen molar-refractivity contribution < 1.29 is 42.2 Å². The zero-order valence-electron chi connectivity index (χ0n) is 21.4. The molecule has 1 N–H and O–H groups in total. The molecule has 0 saturated carbocycles. The van der Waals surface area contributed by atoms with Crippen molar-refractivity contribution >= 4 is 47.0 Å². The van der Waals surface area contributed by atoms with E-state index in [0.29, 0.717) is 23.0 Å². The Morgan fingerprint density at radius 3 is 2.15 bits per heavy atom. The highest BCUT2D eigenvalue weighted by Crippen LogP contribution is 2.58. The van der Waals surface area contributed by atoms with Crippen molar-refractivity contribution in [2.45, 2.75) is 37.0 Å². The average Bonchev–Trinajstić information content (AvgIpc) is 3.35. The molecule has 2 aromatic rings. The lowest BCUT2D eigenvalue weighted by molar-refractivity contribution is -0.192. The zero-order valence-corrected chi connectivity index (χ0v) is 22.9. The standard InChI is InChI=1S/C25H24Cl2N2O4.C2HF3O2/c1-28-22(30)19-20(23(28)31)25(24(32)33-2)11-3-4-12-29(25)21(19)15-7-5-14(6-8-15)16-9-10-17(26)18(27)13-16;3-2(4,5)1(6)7/h5-10,13,19-21H,3-4,11-12H2,1-2H3;(H,6,7)/t19?,20?,21?,25-;/m0./s1. The van der Waals surface area contributed by atoms with E-state index in [1.165, 1.54) is 19.1 Å². The number of carbonyl (C=O) groups excluding carboxylic acids is 3. The summed E-state index contributed by atoms with van der Waals surface area (Å²) in [7, 11) is 2.86. The number of carboxylic acid groups (broad SMARTS) is 1. The third-order valence-corrected chi connectivity index (χ3v) is 8.51. The summed E-state index contributed by atoms with van der Waals surface area (Å²) in [6, 6.07) is 13.0. The van der Waals surface area contributed by atoms with Crippen LogP contribution in [0.4, 0.5) is 13.2 Å². The van der Waals surface area contributed by atoms with Crippen LogP contribution in [0.25, 0.3) is 11.1 Å². The van der Waals surface area contributed by atoms with Gasteiger partial charge in [-0.25, -0.2) is 4.79 Å². The molecule has 0 spiro atoms. The number of hydrogen-bond acceptors (Lipinski definition) is 6. The monoisotopic (exact) mass is 600 g/mol. The van der Waals surface area contributed by atoms with E-state index in [1.54, 1.807) is 6.07 Å². The second kappa shape index (κ2) is 11.0. The fraction of sp³-hybridized carbons (Fsp3) is 0.407. The highest BCUT2D eigenvalue weighted by molar-refractivity contribution is 6.42. The minimum absolute atomic E-state index is 0.235. The quantitative estimate of drug-likeness (QED) is 0.391. The molecule has 3 fully saturated rings. The summed E-state index contributed by atoms with van der Waals surface area (Å²) in [6.45, 7) is 0.631. The number of aliphatic carboxylic acids is 1. The number of esters is 1. The first-order chi connectivity index (χ1) is 18.7. The molecule has 3 unspecified atom stereocenters. The third-order valence-electron chi connectivity index (χ3n) is 7.77. The molecule has 2 amide bonds. The third kappa shape index (κ3) is 4.95. The highest BCUT2D eigenvalue weighted by atomic mass is 35.5. The van der Waals surface area contributed by atoms with Crippen LogP contribution in [0.15, 0.2) is 42.5 Å². The molecule has 8 nitrogen and oxygen atoms in total. The second-order valence-corrected chi connectivity index (χ2v) is 10.6. The van der Waals surface area contributed by atoms with Crippen LogP contribution >= 0.6 is 23.2 Å². The number of hydrogen-bond donors (Lipinski definition) is 1. The van der Waals surface area contributed by atoms with Gasteiger partial charge < -0.3 is 9.84 Å². The van der Waals surface area contributed by atoms with Crippen LogP contribution in [0.1, 0.15) is 30.9 Å². The second-order valence-electron chi connectivity index (χ2n) is 9.80. The number of methoxy groups -OCH3 is 1. The van der Waals surface area contributed by atoms with Gasteiger partial charge in [-0.1, -0.05) is 53.5 Å². The van der Waals surface area contributed by atoms with E-state index in [1.807, 2.05) is 36.4 Å². The van der Waals surface area contributed by atoms with Gasteiger partial charge in [0.1, 0.15) is 5.54 Å². The van der Waals surface area contributed by atoms with Gasteiger partial charge in [-0.15, -0.1) is 0 Å². The van der Waals surface area contributed by atoms with E-state index in [-0.39, 0.29) is 17.9 Å². The number of imide groups is 1. The molecule has 0 aromatic heterocycles. The lowest BCUT2D eigenvalue weighted by Crippen LogP contribution is -2.59. The van der Waals surface area contributed by atoms with Crippen LogP contribution in [0.5, 0.6) is 0 Å². The van der Waals surface area contributed by atoms with Crippen LogP contribution in [0.2, 0.25) is 10.0 Å². The Morgan fingerprint density at radius 2 is 1.60 bits per heavy atom. The predicted octanol–water partition coefficient (Wildman–Crippen LogP) is 4.98. The molecule has 0 radical (unpaired) electrons. The lowest BCUT2D eigenvalue weighted by Gasteiger charge is -2.44. The topological polar surface area (TPSA) is 104 Å². The van der Waals surface area contributed by atoms with E-state index in [0.717, 1.165) is 29.5 Å². The molecule has 2 aromatic carbocycles. The van der Waals surface area contributed by atoms with Crippen LogP contribution in [0, 0.1) is 11.8 Å². The number of carbonyl (C=O) groups is 4. The molecule has 214 valence electrons. The Hall–Kier alpha value is -3.15. The van der Waals surface area contributed by atoms with Crippen LogP contribution < -0.4 is 0 Å². The molecule has 3 aliphatic heterocycles. The number of fused-ring (bicyclic) bond motifs is 3. The number of halogens is 5. The van der Waals surface area contributed by atoms with Gasteiger partial charge in [0, 0.05) is 13.1 Å². The molecule has 0 aliphatic carbocycles. The molecule has 13 heteroatoms. The van der Waals surface area contributed by atoms with Crippen molar-refractivity contribution in [2.75, 3.05) is 20.7 Å². The normalized spacial score (nSPS) is 26.1. The number of piperidine rings is 1. The van der Waals surface area contributed by atoms with Crippen molar-refractivity contribution in [1.29, 1.82) is 0 Å². The largest absolute Gasteiger partial charge is 0.490 e. The van der Waals surface area contributed by atoms with E-state index < -0.39 is 35.5 Å². The van der Waals surface area contributed by atoms with Crippen LogP contribution in [-0.2, 0) is 23.9 Å². The van der Waals surface area contributed by atoms with Crippen LogP contribution in [-0.4, -0.2) is 71.1 Å². The average molecular weight is 601 g/mol. The minimum Gasteiger partial charge on any atom is -0.475 e. The lowest BCUT2D eigenvalue weighted by atomic mass is 9.75. The number of rotatable bonds is 3. The number of benzene rings is 2. The number of amides is 2. The maximum absolute atomic E-state index is 13.2. The van der Waals surface area contributed by atoms with Crippen molar-refractivity contribution in [3.63, 3.8) is 0 Å². The fourth-order valence-electron chi connectivity index (χ4n) is 6.05. The van der Waals surface area contributed by atoms with Gasteiger partial charge >= 0.3 is 18.1 Å².